The molecule has 3 rings (SSSR count). The van der Waals surface area contributed by atoms with Crippen molar-refractivity contribution in [3.8, 4) is 17.6 Å². The molecule has 20 heavy (non-hydrogen) atoms. The van der Waals surface area contributed by atoms with Crippen LogP contribution in [0.3, 0.4) is 0 Å². The summed E-state index contributed by atoms with van der Waals surface area (Å²) in [6.45, 7) is 1.01. The minimum atomic E-state index is 0.402. The van der Waals surface area contributed by atoms with Crippen LogP contribution in [0.1, 0.15) is 27.3 Å². The maximum absolute atomic E-state index is 5.87. The van der Waals surface area contributed by atoms with Gasteiger partial charge >= 0.3 is 0 Å². The van der Waals surface area contributed by atoms with E-state index in [4.69, 9.17) is 10.5 Å². The summed E-state index contributed by atoms with van der Waals surface area (Å²) < 4.78 is 5.87. The predicted octanol–water partition coefficient (Wildman–Crippen LogP) is 3.13. The third kappa shape index (κ3) is 3.04. The number of nitrogens with two attached hydrogens (primary N) is 1. The van der Waals surface area contributed by atoms with E-state index in [-0.39, 0.29) is 0 Å². The van der Waals surface area contributed by atoms with Gasteiger partial charge in [0.25, 0.3) is 0 Å². The quantitative estimate of drug-likeness (QED) is 0.878. The highest BCUT2D eigenvalue weighted by Crippen LogP contribution is 2.27. The van der Waals surface area contributed by atoms with Crippen LogP contribution in [0.4, 0.5) is 0 Å². The smallest absolute Gasteiger partial charge is 0.122 e. The molecule has 1 heterocycles. The standard InChI is InChI=1S/C17H17NOS/c18-10-2-5-16-8-9-17(20-16)12-19-15-7-6-13-3-1-4-14(13)11-15/h6-9,11H,1,3-4,10,12,18H2. The molecule has 2 N–H and O–H groups in total. The van der Waals surface area contributed by atoms with Gasteiger partial charge in [-0.1, -0.05) is 17.9 Å². The van der Waals surface area contributed by atoms with Crippen LogP contribution in [0, 0.1) is 11.8 Å². The summed E-state index contributed by atoms with van der Waals surface area (Å²) in [5.41, 5.74) is 8.30. The largest absolute Gasteiger partial charge is 0.488 e. The zero-order valence-corrected chi connectivity index (χ0v) is 12.1. The van der Waals surface area contributed by atoms with Crippen molar-refractivity contribution < 1.29 is 4.74 Å². The van der Waals surface area contributed by atoms with E-state index in [1.807, 2.05) is 6.07 Å². The second kappa shape index (κ2) is 6.13. The van der Waals surface area contributed by atoms with Crippen LogP contribution in [0.15, 0.2) is 30.3 Å². The molecule has 0 atom stereocenters. The van der Waals surface area contributed by atoms with E-state index in [9.17, 15) is 0 Å². The average molecular weight is 283 g/mol. The van der Waals surface area contributed by atoms with Gasteiger partial charge in [0.1, 0.15) is 12.4 Å². The number of benzene rings is 1. The van der Waals surface area contributed by atoms with Crippen molar-refractivity contribution in [3.05, 3.63) is 51.2 Å². The molecule has 0 fully saturated rings. The molecule has 1 aliphatic carbocycles. The van der Waals surface area contributed by atoms with Crippen molar-refractivity contribution in [1.82, 2.24) is 0 Å². The SMILES string of the molecule is NCC#Cc1ccc(COc2ccc3c(c2)CCC3)s1. The van der Waals surface area contributed by atoms with Gasteiger partial charge in [-0.05, 0) is 54.7 Å². The molecule has 0 spiro atoms. The third-order valence-corrected chi connectivity index (χ3v) is 4.40. The highest BCUT2D eigenvalue weighted by atomic mass is 32.1. The van der Waals surface area contributed by atoms with Gasteiger partial charge in [-0.2, -0.15) is 0 Å². The summed E-state index contributed by atoms with van der Waals surface area (Å²) in [6.07, 6.45) is 3.67. The lowest BCUT2D eigenvalue weighted by Gasteiger charge is -2.06. The van der Waals surface area contributed by atoms with Crippen LogP contribution in [-0.2, 0) is 19.4 Å². The molecule has 1 aromatic carbocycles. The van der Waals surface area contributed by atoms with Crippen molar-refractivity contribution in [1.29, 1.82) is 0 Å². The monoisotopic (exact) mass is 283 g/mol. The number of thiophene rings is 1. The Hall–Kier alpha value is -1.76. The molecule has 0 unspecified atom stereocenters. The lowest BCUT2D eigenvalue weighted by molar-refractivity contribution is 0.309. The van der Waals surface area contributed by atoms with Gasteiger partial charge in [0.05, 0.1) is 11.4 Å². The van der Waals surface area contributed by atoms with Crippen LogP contribution in [0.25, 0.3) is 0 Å². The highest BCUT2D eigenvalue weighted by Gasteiger charge is 2.11. The van der Waals surface area contributed by atoms with Crippen LogP contribution in [0.2, 0.25) is 0 Å². The van der Waals surface area contributed by atoms with Crippen molar-refractivity contribution in [3.63, 3.8) is 0 Å². The number of ether oxygens (including phenoxy) is 1. The van der Waals surface area contributed by atoms with Crippen LogP contribution < -0.4 is 10.5 Å². The average Bonchev–Trinajstić information content (AvgIpc) is 3.11. The Kier molecular flexibility index (Phi) is 4.05. The van der Waals surface area contributed by atoms with E-state index in [0.717, 1.165) is 10.6 Å². The zero-order chi connectivity index (χ0) is 13.8. The lowest BCUT2D eigenvalue weighted by atomic mass is 10.1. The Morgan fingerprint density at radius 1 is 1.15 bits per heavy atom. The van der Waals surface area contributed by atoms with Crippen molar-refractivity contribution in [2.45, 2.75) is 25.9 Å². The molecular weight excluding hydrogens is 266 g/mol. The molecule has 1 aromatic heterocycles. The molecule has 0 aliphatic heterocycles. The Labute approximate surface area is 123 Å². The molecule has 0 amide bonds. The van der Waals surface area contributed by atoms with Crippen molar-refractivity contribution in [2.75, 3.05) is 6.54 Å². The zero-order valence-electron chi connectivity index (χ0n) is 11.3. The van der Waals surface area contributed by atoms with Gasteiger partial charge in [0.15, 0.2) is 0 Å². The van der Waals surface area contributed by atoms with Gasteiger partial charge in [-0.15, -0.1) is 11.3 Å². The first-order chi connectivity index (χ1) is 9.85. The predicted molar refractivity (Wildman–Crippen MR) is 83.1 cm³/mol. The fourth-order valence-electron chi connectivity index (χ4n) is 2.45. The molecule has 0 radical (unpaired) electrons. The molecule has 0 bridgehead atoms. The second-order valence-electron chi connectivity index (χ2n) is 4.84. The van der Waals surface area contributed by atoms with Gasteiger partial charge in [-0.25, -0.2) is 0 Å². The van der Waals surface area contributed by atoms with Crippen LogP contribution >= 0.6 is 11.3 Å². The first-order valence-corrected chi connectivity index (χ1v) is 7.69. The fourth-order valence-corrected chi connectivity index (χ4v) is 3.25. The Balaban J connectivity index is 1.63. The maximum atomic E-state index is 5.87. The summed E-state index contributed by atoms with van der Waals surface area (Å²) in [5, 5.41) is 0. The molecule has 0 saturated heterocycles. The van der Waals surface area contributed by atoms with Gasteiger partial charge < -0.3 is 10.5 Å². The van der Waals surface area contributed by atoms with E-state index in [1.54, 1.807) is 11.3 Å². The Morgan fingerprint density at radius 2 is 2.05 bits per heavy atom. The third-order valence-electron chi connectivity index (χ3n) is 3.43. The number of fused-ring (bicyclic) bond motifs is 1. The molecule has 2 nitrogen and oxygen atoms in total. The first kappa shape index (κ1) is 13.2. The minimum absolute atomic E-state index is 0.402. The number of aryl methyl sites for hydroxylation is 2. The summed E-state index contributed by atoms with van der Waals surface area (Å²) in [5.74, 6) is 6.88. The molecule has 3 heteroatoms. The minimum Gasteiger partial charge on any atom is -0.488 e. The molecule has 1 aliphatic rings. The maximum Gasteiger partial charge on any atom is 0.122 e. The van der Waals surface area contributed by atoms with Gasteiger partial charge in [-0.3, -0.25) is 0 Å². The van der Waals surface area contributed by atoms with E-state index in [1.165, 1.54) is 35.3 Å². The number of rotatable bonds is 3. The number of hydrogen-bond donors (Lipinski definition) is 1. The fraction of sp³-hybridized carbons (Fsp3) is 0.294. The molecular formula is C17H17NOS. The van der Waals surface area contributed by atoms with E-state index >= 15 is 0 Å². The first-order valence-electron chi connectivity index (χ1n) is 6.87. The van der Waals surface area contributed by atoms with E-state index in [2.05, 4.69) is 36.1 Å². The summed E-state index contributed by atoms with van der Waals surface area (Å²) in [7, 11) is 0. The summed E-state index contributed by atoms with van der Waals surface area (Å²) in [4.78, 5) is 2.23. The summed E-state index contributed by atoms with van der Waals surface area (Å²) >= 11 is 1.66. The highest BCUT2D eigenvalue weighted by molar-refractivity contribution is 7.12. The van der Waals surface area contributed by atoms with Crippen molar-refractivity contribution >= 4 is 11.3 Å². The normalized spacial score (nSPS) is 12.7. The Morgan fingerprint density at radius 3 is 2.95 bits per heavy atom. The van der Waals surface area contributed by atoms with Gasteiger partial charge in [0, 0.05) is 4.88 Å². The van der Waals surface area contributed by atoms with Crippen LogP contribution in [0.5, 0.6) is 5.75 Å². The molecule has 0 saturated carbocycles. The summed E-state index contributed by atoms with van der Waals surface area (Å²) in [6, 6.07) is 10.6. The van der Waals surface area contributed by atoms with Crippen molar-refractivity contribution in [2.24, 2.45) is 5.73 Å². The van der Waals surface area contributed by atoms with E-state index < -0.39 is 0 Å². The lowest BCUT2D eigenvalue weighted by Crippen LogP contribution is -1.94. The second-order valence-corrected chi connectivity index (χ2v) is 6.01. The molecule has 2 aromatic rings. The topological polar surface area (TPSA) is 35.2 Å². The molecule has 102 valence electrons. The van der Waals surface area contributed by atoms with E-state index in [0.29, 0.717) is 13.2 Å². The number of hydrogen-bond acceptors (Lipinski definition) is 3. The Bertz CT molecular complexity index is 663. The van der Waals surface area contributed by atoms with Gasteiger partial charge in [0.2, 0.25) is 0 Å². The van der Waals surface area contributed by atoms with Crippen LogP contribution in [-0.4, -0.2) is 6.54 Å².